The standard InChI is InChI=1S/C16H25N3O2/c1-10-15(11(2)21-18-10)9-19(3)16(20)8-12-6-13-4-5-14(7-12)17-13/h12-14,17H,4-9H2,1-3H3. The van der Waals surface area contributed by atoms with Gasteiger partial charge in [-0.15, -0.1) is 0 Å². The average molecular weight is 291 g/mol. The van der Waals surface area contributed by atoms with Gasteiger partial charge in [-0.2, -0.15) is 0 Å². The maximum atomic E-state index is 12.4. The summed E-state index contributed by atoms with van der Waals surface area (Å²) in [5, 5.41) is 7.58. The van der Waals surface area contributed by atoms with Gasteiger partial charge in [0.05, 0.1) is 12.2 Å². The normalized spacial score (nSPS) is 27.9. The molecule has 5 heteroatoms. The van der Waals surface area contributed by atoms with Crippen molar-refractivity contribution in [2.45, 2.75) is 64.6 Å². The van der Waals surface area contributed by atoms with E-state index in [9.17, 15) is 4.79 Å². The van der Waals surface area contributed by atoms with E-state index in [-0.39, 0.29) is 5.91 Å². The van der Waals surface area contributed by atoms with E-state index in [4.69, 9.17) is 4.52 Å². The van der Waals surface area contributed by atoms with Crippen molar-refractivity contribution in [2.24, 2.45) is 5.92 Å². The van der Waals surface area contributed by atoms with Crippen molar-refractivity contribution in [1.29, 1.82) is 0 Å². The minimum atomic E-state index is 0.237. The number of nitrogens with one attached hydrogen (secondary N) is 1. The second-order valence-corrected chi connectivity index (χ2v) is 6.73. The van der Waals surface area contributed by atoms with Crippen LogP contribution in [-0.4, -0.2) is 35.1 Å². The third-order valence-corrected chi connectivity index (χ3v) is 5.04. The molecule has 0 aromatic carbocycles. The van der Waals surface area contributed by atoms with Crippen molar-refractivity contribution < 1.29 is 9.32 Å². The van der Waals surface area contributed by atoms with Crippen LogP contribution in [-0.2, 0) is 11.3 Å². The van der Waals surface area contributed by atoms with Crippen LogP contribution in [0, 0.1) is 19.8 Å². The third kappa shape index (κ3) is 3.12. The van der Waals surface area contributed by atoms with Crippen molar-refractivity contribution in [3.63, 3.8) is 0 Å². The molecule has 0 radical (unpaired) electrons. The Morgan fingerprint density at radius 3 is 2.57 bits per heavy atom. The zero-order valence-electron chi connectivity index (χ0n) is 13.2. The van der Waals surface area contributed by atoms with E-state index in [1.165, 1.54) is 12.8 Å². The molecule has 21 heavy (non-hydrogen) atoms. The van der Waals surface area contributed by atoms with Crippen LogP contribution in [0.15, 0.2) is 4.52 Å². The zero-order valence-corrected chi connectivity index (χ0v) is 13.2. The SMILES string of the molecule is Cc1noc(C)c1CN(C)C(=O)CC1CC2CCC(C1)N2. The van der Waals surface area contributed by atoms with Gasteiger partial charge in [-0.05, 0) is 45.4 Å². The molecule has 2 unspecified atom stereocenters. The molecule has 1 amide bonds. The van der Waals surface area contributed by atoms with Gasteiger partial charge in [0.25, 0.3) is 0 Å². The summed E-state index contributed by atoms with van der Waals surface area (Å²) in [4.78, 5) is 14.3. The molecule has 2 fully saturated rings. The van der Waals surface area contributed by atoms with Gasteiger partial charge in [0.2, 0.25) is 5.91 Å². The van der Waals surface area contributed by atoms with Crippen LogP contribution in [0.25, 0.3) is 0 Å². The summed E-state index contributed by atoms with van der Waals surface area (Å²) >= 11 is 0. The molecule has 1 aromatic heterocycles. The van der Waals surface area contributed by atoms with E-state index >= 15 is 0 Å². The van der Waals surface area contributed by atoms with Gasteiger partial charge in [0.1, 0.15) is 5.76 Å². The number of amides is 1. The van der Waals surface area contributed by atoms with Crippen LogP contribution in [0.3, 0.4) is 0 Å². The number of piperidine rings is 1. The number of nitrogens with zero attached hydrogens (tertiary/aromatic N) is 2. The second kappa shape index (κ2) is 5.79. The highest BCUT2D eigenvalue weighted by atomic mass is 16.5. The highest BCUT2D eigenvalue weighted by molar-refractivity contribution is 5.76. The molecule has 2 atom stereocenters. The van der Waals surface area contributed by atoms with Crippen molar-refractivity contribution in [3.05, 3.63) is 17.0 Å². The largest absolute Gasteiger partial charge is 0.361 e. The predicted molar refractivity (Wildman–Crippen MR) is 79.7 cm³/mol. The molecule has 1 aromatic rings. The van der Waals surface area contributed by atoms with Crippen LogP contribution < -0.4 is 5.32 Å². The Hall–Kier alpha value is -1.36. The van der Waals surface area contributed by atoms with Crippen molar-refractivity contribution in [2.75, 3.05) is 7.05 Å². The van der Waals surface area contributed by atoms with E-state index in [2.05, 4.69) is 10.5 Å². The molecule has 2 bridgehead atoms. The van der Waals surface area contributed by atoms with Gasteiger partial charge in [-0.25, -0.2) is 0 Å². The highest BCUT2D eigenvalue weighted by Gasteiger charge is 2.34. The minimum Gasteiger partial charge on any atom is -0.361 e. The molecule has 1 N–H and O–H groups in total. The zero-order chi connectivity index (χ0) is 15.0. The Bertz CT molecular complexity index is 494. The van der Waals surface area contributed by atoms with Gasteiger partial charge in [0, 0.05) is 31.1 Å². The highest BCUT2D eigenvalue weighted by Crippen LogP contribution is 2.33. The fourth-order valence-electron chi connectivity index (χ4n) is 3.80. The van der Waals surface area contributed by atoms with Crippen LogP contribution >= 0.6 is 0 Å². The number of hydrogen-bond acceptors (Lipinski definition) is 4. The first kappa shape index (κ1) is 14.6. The smallest absolute Gasteiger partial charge is 0.222 e. The van der Waals surface area contributed by atoms with Gasteiger partial charge < -0.3 is 14.7 Å². The fourth-order valence-corrected chi connectivity index (χ4v) is 3.80. The molecule has 0 spiro atoms. The van der Waals surface area contributed by atoms with E-state index in [1.807, 2.05) is 25.8 Å². The van der Waals surface area contributed by atoms with Gasteiger partial charge >= 0.3 is 0 Å². The van der Waals surface area contributed by atoms with Crippen molar-refractivity contribution in [1.82, 2.24) is 15.4 Å². The quantitative estimate of drug-likeness (QED) is 0.923. The molecule has 2 aliphatic heterocycles. The first-order chi connectivity index (χ1) is 10.0. The monoisotopic (exact) mass is 291 g/mol. The minimum absolute atomic E-state index is 0.237. The van der Waals surface area contributed by atoms with E-state index in [0.717, 1.165) is 29.9 Å². The van der Waals surface area contributed by atoms with Crippen LogP contribution in [0.5, 0.6) is 0 Å². The Balaban J connectivity index is 1.55. The molecule has 3 rings (SSSR count). The molecular formula is C16H25N3O2. The first-order valence-electron chi connectivity index (χ1n) is 7.94. The number of aromatic nitrogens is 1. The lowest BCUT2D eigenvalue weighted by Crippen LogP contribution is -2.40. The lowest BCUT2D eigenvalue weighted by Gasteiger charge is -2.30. The molecule has 116 valence electrons. The molecule has 2 saturated heterocycles. The average Bonchev–Trinajstić information content (AvgIpc) is 2.95. The predicted octanol–water partition coefficient (Wildman–Crippen LogP) is 2.17. The van der Waals surface area contributed by atoms with Gasteiger partial charge in [-0.1, -0.05) is 5.16 Å². The lowest BCUT2D eigenvalue weighted by atomic mass is 9.89. The summed E-state index contributed by atoms with van der Waals surface area (Å²) in [5.74, 6) is 1.59. The number of aryl methyl sites for hydroxylation is 2. The molecular weight excluding hydrogens is 266 g/mol. The molecule has 0 saturated carbocycles. The van der Waals surface area contributed by atoms with E-state index in [0.29, 0.717) is 31.0 Å². The molecule has 5 nitrogen and oxygen atoms in total. The summed E-state index contributed by atoms with van der Waals surface area (Å²) in [6.07, 6.45) is 5.55. The number of carbonyl (C=O) groups is 1. The third-order valence-electron chi connectivity index (χ3n) is 5.04. The Morgan fingerprint density at radius 1 is 1.33 bits per heavy atom. The maximum Gasteiger partial charge on any atom is 0.222 e. The molecule has 3 heterocycles. The summed E-state index contributed by atoms with van der Waals surface area (Å²) in [6, 6.07) is 1.30. The summed E-state index contributed by atoms with van der Waals surface area (Å²) in [7, 11) is 1.88. The first-order valence-corrected chi connectivity index (χ1v) is 7.94. The topological polar surface area (TPSA) is 58.4 Å². The van der Waals surface area contributed by atoms with Crippen molar-refractivity contribution in [3.8, 4) is 0 Å². The summed E-state index contributed by atoms with van der Waals surface area (Å²) < 4.78 is 5.17. The Morgan fingerprint density at radius 2 is 2.00 bits per heavy atom. The summed E-state index contributed by atoms with van der Waals surface area (Å²) in [5.41, 5.74) is 1.92. The number of fused-ring (bicyclic) bond motifs is 2. The molecule has 0 aliphatic carbocycles. The fraction of sp³-hybridized carbons (Fsp3) is 0.750. The van der Waals surface area contributed by atoms with Crippen LogP contribution in [0.4, 0.5) is 0 Å². The van der Waals surface area contributed by atoms with Crippen LogP contribution in [0.2, 0.25) is 0 Å². The number of rotatable bonds is 4. The van der Waals surface area contributed by atoms with E-state index < -0.39 is 0 Å². The van der Waals surface area contributed by atoms with Crippen LogP contribution in [0.1, 0.15) is 49.1 Å². The maximum absolute atomic E-state index is 12.4. The second-order valence-electron chi connectivity index (χ2n) is 6.73. The van der Waals surface area contributed by atoms with Gasteiger partial charge in [0.15, 0.2) is 0 Å². The van der Waals surface area contributed by atoms with E-state index in [1.54, 1.807) is 0 Å². The van der Waals surface area contributed by atoms with Crippen molar-refractivity contribution >= 4 is 5.91 Å². The number of carbonyl (C=O) groups excluding carboxylic acids is 1. The van der Waals surface area contributed by atoms with Gasteiger partial charge in [-0.3, -0.25) is 4.79 Å². The number of hydrogen-bond donors (Lipinski definition) is 1. The lowest BCUT2D eigenvalue weighted by molar-refractivity contribution is -0.131. The molecule has 2 aliphatic rings. The summed E-state index contributed by atoms with van der Waals surface area (Å²) in [6.45, 7) is 4.42. The Kier molecular flexibility index (Phi) is 4.02. The Labute approximate surface area is 126 Å².